The predicted octanol–water partition coefficient (Wildman–Crippen LogP) is 8.22. The summed E-state index contributed by atoms with van der Waals surface area (Å²) < 4.78 is 23.7. The smallest absolute Gasteiger partial charge is 0.410 e. The molecule has 4 rings (SSSR count). The van der Waals surface area contributed by atoms with Crippen LogP contribution in [0, 0.1) is 5.92 Å². The first-order valence-corrected chi connectivity index (χ1v) is 22.5. The molecular weight excluding hydrogens is 865 g/mol. The van der Waals surface area contributed by atoms with Crippen molar-refractivity contribution in [2.45, 2.75) is 109 Å². The maximum atomic E-state index is 14.5. The van der Waals surface area contributed by atoms with Gasteiger partial charge in [-0.3, -0.25) is 24.1 Å². The van der Waals surface area contributed by atoms with Crippen LogP contribution in [-0.4, -0.2) is 81.9 Å². The highest BCUT2D eigenvalue weighted by molar-refractivity contribution is 8.13. The molecule has 0 radical (unpaired) electrons. The van der Waals surface area contributed by atoms with Crippen molar-refractivity contribution in [3.8, 4) is 11.5 Å². The molecule has 4 aromatic carbocycles. The van der Waals surface area contributed by atoms with Gasteiger partial charge in [-0.1, -0.05) is 135 Å². The first-order chi connectivity index (χ1) is 31.3. The Kier molecular flexibility index (Phi) is 19.5. The van der Waals surface area contributed by atoms with Crippen LogP contribution >= 0.6 is 11.8 Å². The van der Waals surface area contributed by atoms with Crippen molar-refractivity contribution in [3.63, 3.8) is 0 Å². The Morgan fingerprint density at radius 3 is 1.94 bits per heavy atom. The highest BCUT2D eigenvalue weighted by Gasteiger charge is 2.42. The van der Waals surface area contributed by atoms with E-state index in [1.807, 2.05) is 66.7 Å². The quantitative estimate of drug-likeness (QED) is 0.0295. The third-order valence-electron chi connectivity index (χ3n) is 10.3. The number of hydrogen-bond donors (Lipinski definition) is 3. The third-order valence-corrected chi connectivity index (χ3v) is 11.3. The number of amides is 3. The summed E-state index contributed by atoms with van der Waals surface area (Å²) in [5.74, 6) is -2.27. The number of likely N-dealkylation sites (N-methyl/N-ethyl adjacent to an activating group) is 1. The fraction of sp³-hybridized carbons (Fsp3) is 0.408. The van der Waals surface area contributed by atoms with Crippen LogP contribution in [0.1, 0.15) is 83.2 Å². The molecule has 0 saturated carbocycles. The second-order valence-corrected chi connectivity index (χ2v) is 18.0. The van der Waals surface area contributed by atoms with Crippen LogP contribution in [0.4, 0.5) is 4.79 Å². The van der Waals surface area contributed by atoms with Gasteiger partial charge in [-0.2, -0.15) is 0 Å². The summed E-state index contributed by atoms with van der Waals surface area (Å²) in [4.78, 5) is 72.0. The van der Waals surface area contributed by atoms with Gasteiger partial charge in [0, 0.05) is 17.7 Å². The number of esters is 1. The topological polar surface area (TPSA) is 219 Å². The number of aliphatic hydroxyl groups excluding tert-OH is 1. The van der Waals surface area contributed by atoms with Crippen molar-refractivity contribution in [2.75, 3.05) is 13.6 Å². The minimum atomic E-state index is -1.78. The molecule has 66 heavy (non-hydrogen) atoms. The summed E-state index contributed by atoms with van der Waals surface area (Å²) in [5, 5.41) is 21.0. The van der Waals surface area contributed by atoms with Gasteiger partial charge in [-0.25, -0.2) is 4.79 Å². The molecule has 352 valence electrons. The van der Waals surface area contributed by atoms with Crippen molar-refractivity contribution in [3.05, 3.63) is 142 Å². The molecule has 0 aliphatic carbocycles. The van der Waals surface area contributed by atoms with Crippen LogP contribution in [0.5, 0.6) is 11.5 Å². The Balaban J connectivity index is 1.74. The summed E-state index contributed by atoms with van der Waals surface area (Å²) in [6.07, 6.45) is -2.63. The van der Waals surface area contributed by atoms with Crippen LogP contribution in [0.3, 0.4) is 0 Å². The molecule has 0 bridgehead atoms. The molecule has 0 heterocycles. The zero-order valence-electron chi connectivity index (χ0n) is 38.6. The average Bonchev–Trinajstić information content (AvgIpc) is 3.29. The number of ether oxygens (including phenoxy) is 4. The molecule has 0 unspecified atom stereocenters. The zero-order valence-corrected chi connectivity index (χ0v) is 39.4. The Bertz CT molecular complexity index is 2290. The van der Waals surface area contributed by atoms with Gasteiger partial charge in [0.1, 0.15) is 49.1 Å². The van der Waals surface area contributed by atoms with Gasteiger partial charge in [0.15, 0.2) is 17.5 Å². The van der Waals surface area contributed by atoms with E-state index < -0.39 is 65.9 Å². The second kappa shape index (κ2) is 24.7. The number of nitrogens with zero attached hydrogens (tertiary/aromatic N) is 4. The molecule has 4 aromatic rings. The minimum Gasteiger partial charge on any atom is -0.485 e. The second-order valence-electron chi connectivity index (χ2n) is 17.0. The molecular formula is C49H60N6O10S. The fourth-order valence-corrected chi connectivity index (χ4v) is 7.57. The van der Waals surface area contributed by atoms with Gasteiger partial charge < -0.3 is 34.7 Å². The molecule has 0 aliphatic rings. The molecule has 0 fully saturated rings. The average molecular weight is 925 g/mol. The Morgan fingerprint density at radius 1 is 0.818 bits per heavy atom. The Hall–Kier alpha value is -6.55. The lowest BCUT2D eigenvalue weighted by Gasteiger charge is -2.35. The predicted molar refractivity (Wildman–Crippen MR) is 251 cm³/mol. The van der Waals surface area contributed by atoms with E-state index in [0.29, 0.717) is 11.3 Å². The van der Waals surface area contributed by atoms with Crippen LogP contribution in [0.25, 0.3) is 10.4 Å². The highest BCUT2D eigenvalue weighted by atomic mass is 32.2. The van der Waals surface area contributed by atoms with Crippen LogP contribution in [0.2, 0.25) is 0 Å². The van der Waals surface area contributed by atoms with Gasteiger partial charge in [0.2, 0.25) is 16.9 Å². The molecule has 3 amide bonds. The first kappa shape index (κ1) is 52.1. The van der Waals surface area contributed by atoms with Crippen molar-refractivity contribution < 1.29 is 48.0 Å². The summed E-state index contributed by atoms with van der Waals surface area (Å²) in [7, 11) is 1.31. The van der Waals surface area contributed by atoms with Crippen molar-refractivity contribution in [1.29, 1.82) is 0 Å². The van der Waals surface area contributed by atoms with Crippen LogP contribution in [-0.2, 0) is 47.6 Å². The number of rotatable bonds is 22. The fourth-order valence-electron chi connectivity index (χ4n) is 6.56. The summed E-state index contributed by atoms with van der Waals surface area (Å²) >= 11 is 1.04. The van der Waals surface area contributed by atoms with E-state index in [-0.39, 0.29) is 47.7 Å². The third kappa shape index (κ3) is 15.6. The molecule has 3 N–H and O–H groups in total. The minimum absolute atomic E-state index is 0.0223. The van der Waals surface area contributed by atoms with Gasteiger partial charge in [-0.15, -0.1) is 0 Å². The maximum Gasteiger partial charge on any atom is 0.410 e. The van der Waals surface area contributed by atoms with E-state index in [1.165, 1.54) is 32.2 Å². The molecule has 0 aromatic heterocycles. The lowest BCUT2D eigenvalue weighted by atomic mass is 9.92. The van der Waals surface area contributed by atoms with Crippen molar-refractivity contribution >= 4 is 40.8 Å². The Morgan fingerprint density at radius 2 is 1.39 bits per heavy atom. The number of carbonyl (C=O) groups is 5. The van der Waals surface area contributed by atoms with E-state index in [2.05, 4.69) is 20.7 Å². The number of thioether (sulfide) groups is 1. The van der Waals surface area contributed by atoms with Crippen molar-refractivity contribution in [1.82, 2.24) is 15.5 Å². The lowest BCUT2D eigenvalue weighted by Crippen LogP contribution is -2.55. The van der Waals surface area contributed by atoms with Crippen molar-refractivity contribution in [2.24, 2.45) is 11.0 Å². The zero-order chi connectivity index (χ0) is 48.4. The highest BCUT2D eigenvalue weighted by Crippen LogP contribution is 2.38. The number of azide groups is 1. The molecule has 0 spiro atoms. The standard InChI is InChI=1S/C49H60N6O10S/c1-9-49(7,43(53-54-50)45(59)51-28-39(56)65-48(4,5)6)64-38-27-36(25-26-37(38)62-29-33-19-13-10-14-20-33)42(57)41(55(8)47(61)63-30-34-21-15-11-16-22-34)44(58)52-40(32(2)3)46(60)66-31-35-23-17-12-18-24-35/h10-27,32,40-43,57H,9,28-31H2,1-8H3,(H,51,59)(H,52,58)/t40-,41-,42+,43+,49-/m0/s1. The number of hydrogen-bond acceptors (Lipinski definition) is 12. The molecule has 17 heteroatoms. The van der Waals surface area contributed by atoms with Crippen LogP contribution in [0.15, 0.2) is 114 Å². The maximum absolute atomic E-state index is 14.5. The normalized spacial score (nSPS) is 13.9. The largest absolute Gasteiger partial charge is 0.485 e. The van der Waals surface area contributed by atoms with Gasteiger partial charge in [0.25, 0.3) is 0 Å². The number of nitrogens with one attached hydrogen (secondary N) is 2. The van der Waals surface area contributed by atoms with E-state index in [9.17, 15) is 34.6 Å². The molecule has 0 saturated heterocycles. The van der Waals surface area contributed by atoms with E-state index in [1.54, 1.807) is 65.8 Å². The number of benzene rings is 4. The summed E-state index contributed by atoms with van der Waals surface area (Å²) in [6, 6.07) is 27.7. The van der Waals surface area contributed by atoms with E-state index in [0.717, 1.165) is 27.8 Å². The molecule has 0 aliphatic heterocycles. The summed E-state index contributed by atoms with van der Waals surface area (Å²) in [5.41, 5.74) is 9.68. The molecule has 16 nitrogen and oxygen atoms in total. The monoisotopic (exact) mass is 924 g/mol. The van der Waals surface area contributed by atoms with E-state index in [4.69, 9.17) is 18.9 Å². The summed E-state index contributed by atoms with van der Waals surface area (Å²) in [6.45, 7) is 11.3. The van der Waals surface area contributed by atoms with Gasteiger partial charge in [0.05, 0.1) is 0 Å². The van der Waals surface area contributed by atoms with Gasteiger partial charge >= 0.3 is 12.1 Å². The number of aliphatic hydroxyl groups is 1. The van der Waals surface area contributed by atoms with Gasteiger partial charge in [-0.05, 0) is 80.0 Å². The SMILES string of the molecule is CC[C@](C)(Oc1cc([C@@H](O)[C@@H](C(=O)N[C@H](C(=O)SCc2ccccc2)C(C)C)N(C)C(=O)OCc2ccccc2)ccc1OCc1ccccc1)[C@H](N=[N+]=[N-])C(=O)NCC(=O)OC(C)(C)C. The molecule has 5 atom stereocenters. The lowest BCUT2D eigenvalue weighted by molar-refractivity contribution is -0.154. The Labute approximate surface area is 390 Å². The van der Waals surface area contributed by atoms with Crippen LogP contribution < -0.4 is 20.1 Å². The number of carbonyl (C=O) groups excluding carboxylic acids is 5. The first-order valence-electron chi connectivity index (χ1n) is 21.5. The van der Waals surface area contributed by atoms with E-state index >= 15 is 0 Å².